The van der Waals surface area contributed by atoms with E-state index in [1.165, 1.54) is 38.3 Å². The second kappa shape index (κ2) is 6.46. The number of aromatic nitrogens is 1. The van der Waals surface area contributed by atoms with Crippen molar-refractivity contribution in [1.82, 2.24) is 4.57 Å². The van der Waals surface area contributed by atoms with E-state index in [0.29, 0.717) is 6.61 Å². The Hall–Kier alpha value is -3.11. The van der Waals surface area contributed by atoms with Gasteiger partial charge in [-0.2, -0.15) is 0 Å². The lowest BCUT2D eigenvalue weighted by molar-refractivity contribution is 0.298. The van der Waals surface area contributed by atoms with Gasteiger partial charge in [-0.1, -0.05) is 60.3 Å². The minimum Gasteiger partial charge on any atom is -0.493 e. The van der Waals surface area contributed by atoms with Crippen LogP contribution in [0.4, 0.5) is 0 Å². The van der Waals surface area contributed by atoms with Crippen molar-refractivity contribution >= 4 is 22.7 Å². The largest absolute Gasteiger partial charge is 0.493 e. The van der Waals surface area contributed by atoms with E-state index >= 15 is 0 Å². The molecule has 4 aromatic rings. The summed E-state index contributed by atoms with van der Waals surface area (Å²) in [6, 6.07) is 25.5. The summed E-state index contributed by atoms with van der Waals surface area (Å²) in [7, 11) is 1.70. The van der Waals surface area contributed by atoms with Gasteiger partial charge in [-0.15, -0.1) is 0 Å². The Morgan fingerprint density at radius 3 is 2.66 bits per heavy atom. The van der Waals surface area contributed by atoms with Gasteiger partial charge in [-0.25, -0.2) is 0 Å². The highest BCUT2D eigenvalue weighted by atomic mass is 32.2. The molecule has 3 heterocycles. The van der Waals surface area contributed by atoms with E-state index in [1.807, 2.05) is 6.07 Å². The topological polar surface area (TPSA) is 23.4 Å². The van der Waals surface area contributed by atoms with E-state index in [-0.39, 0.29) is 5.92 Å². The number of fused-ring (bicyclic) bond motifs is 7. The van der Waals surface area contributed by atoms with Crippen molar-refractivity contribution in [2.75, 3.05) is 13.7 Å². The third-order valence-corrected chi connectivity index (χ3v) is 6.83. The number of rotatable bonds is 2. The molecule has 2 aliphatic rings. The lowest BCUT2D eigenvalue weighted by Crippen LogP contribution is -2.21. The van der Waals surface area contributed by atoms with Gasteiger partial charge in [0, 0.05) is 28.1 Å². The molecule has 1 aromatic heterocycles. The molecule has 0 aliphatic carbocycles. The summed E-state index contributed by atoms with van der Waals surface area (Å²) in [5, 5.41) is 4.85. The Bertz CT molecular complexity index is 1270. The zero-order valence-corrected chi connectivity index (χ0v) is 16.8. The monoisotopic (exact) mass is 397 g/mol. The molecule has 3 nitrogen and oxygen atoms in total. The van der Waals surface area contributed by atoms with Crippen LogP contribution in [-0.4, -0.2) is 18.3 Å². The van der Waals surface area contributed by atoms with Gasteiger partial charge in [-0.3, -0.25) is 0 Å². The van der Waals surface area contributed by atoms with E-state index in [9.17, 15) is 0 Å². The van der Waals surface area contributed by atoms with Crippen LogP contribution in [-0.2, 0) is 0 Å². The molecule has 0 amide bonds. The van der Waals surface area contributed by atoms with Gasteiger partial charge in [0.05, 0.1) is 17.7 Å². The van der Waals surface area contributed by atoms with E-state index in [1.54, 1.807) is 18.9 Å². The van der Waals surface area contributed by atoms with Crippen LogP contribution in [0.2, 0.25) is 0 Å². The maximum absolute atomic E-state index is 6.12. The lowest BCUT2D eigenvalue weighted by Gasteiger charge is -2.32. The molecule has 4 heteroatoms. The Labute approximate surface area is 173 Å². The van der Waals surface area contributed by atoms with Crippen LogP contribution in [0, 0.1) is 0 Å². The van der Waals surface area contributed by atoms with E-state index in [2.05, 4.69) is 76.7 Å². The van der Waals surface area contributed by atoms with Crippen LogP contribution in [0.25, 0.3) is 16.6 Å². The van der Waals surface area contributed by atoms with Crippen molar-refractivity contribution in [3.63, 3.8) is 0 Å². The van der Waals surface area contributed by atoms with Gasteiger partial charge >= 0.3 is 0 Å². The van der Waals surface area contributed by atoms with Gasteiger partial charge in [0.25, 0.3) is 0 Å². The zero-order valence-electron chi connectivity index (χ0n) is 16.0. The van der Waals surface area contributed by atoms with E-state index in [4.69, 9.17) is 9.47 Å². The number of para-hydroxylation sites is 3. The van der Waals surface area contributed by atoms with Gasteiger partial charge < -0.3 is 14.0 Å². The van der Waals surface area contributed by atoms with Crippen molar-refractivity contribution < 1.29 is 9.47 Å². The summed E-state index contributed by atoms with van der Waals surface area (Å²) < 4.78 is 14.1. The first-order valence-electron chi connectivity index (χ1n) is 9.71. The predicted molar refractivity (Wildman–Crippen MR) is 118 cm³/mol. The molecular formula is C25H19NO2S. The number of benzene rings is 3. The molecule has 0 bridgehead atoms. The Balaban J connectivity index is 1.68. The number of hydrogen-bond donors (Lipinski definition) is 0. The summed E-state index contributed by atoms with van der Waals surface area (Å²) in [6.07, 6.45) is 0. The van der Waals surface area contributed by atoms with Gasteiger partial charge in [0.2, 0.25) is 0 Å². The normalized spacial score (nSPS) is 17.0. The number of methoxy groups -OCH3 is 1. The second-order valence-corrected chi connectivity index (χ2v) is 8.18. The summed E-state index contributed by atoms with van der Waals surface area (Å²) in [5.41, 5.74) is 6.28. The lowest BCUT2D eigenvalue weighted by atomic mass is 9.83. The fourth-order valence-corrected chi connectivity index (χ4v) is 5.69. The second-order valence-electron chi connectivity index (χ2n) is 7.32. The van der Waals surface area contributed by atoms with Gasteiger partial charge in [0.1, 0.15) is 6.61 Å². The molecule has 2 aliphatic heterocycles. The third kappa shape index (κ3) is 2.39. The van der Waals surface area contributed by atoms with Crippen molar-refractivity contribution in [2.45, 2.75) is 10.9 Å². The van der Waals surface area contributed by atoms with Gasteiger partial charge in [-0.05, 0) is 35.2 Å². The highest BCUT2D eigenvalue weighted by molar-refractivity contribution is 8.02. The number of ether oxygens (including phenoxy) is 2. The van der Waals surface area contributed by atoms with Crippen LogP contribution in [0.3, 0.4) is 0 Å². The molecule has 0 N–H and O–H groups in total. The standard InChI is InChI=1S/C25H19NO2S/c1-27-21-13-7-11-19-22-16(14-28-24(19)21)15-29-25-23(22)18-10-5-6-12-20(18)26(25)17-8-3-2-4-9-17/h2-13,15,22H,14H2,1H3. The minimum absolute atomic E-state index is 0.181. The maximum Gasteiger partial charge on any atom is 0.165 e. The molecule has 1 atom stereocenters. The number of nitrogens with zero attached hydrogens (tertiary/aromatic N) is 1. The zero-order chi connectivity index (χ0) is 19.4. The molecule has 0 fully saturated rings. The number of thioether (sulfide) groups is 1. The summed E-state index contributed by atoms with van der Waals surface area (Å²) in [4.78, 5) is 0. The SMILES string of the molecule is COc1cccc2c1OCC1=CSc3c(c4ccccc4n3-c3ccccc3)C12. The first-order chi connectivity index (χ1) is 14.4. The van der Waals surface area contributed by atoms with Crippen molar-refractivity contribution in [3.05, 3.63) is 94.9 Å². The highest BCUT2D eigenvalue weighted by Crippen LogP contribution is 2.54. The minimum atomic E-state index is 0.181. The predicted octanol–water partition coefficient (Wildman–Crippen LogP) is 6.15. The maximum atomic E-state index is 6.12. The average Bonchev–Trinajstić information content (AvgIpc) is 3.13. The van der Waals surface area contributed by atoms with E-state index < -0.39 is 0 Å². The fraction of sp³-hybridized carbons (Fsp3) is 0.120. The van der Waals surface area contributed by atoms with Crippen molar-refractivity contribution in [1.29, 1.82) is 0 Å². The average molecular weight is 397 g/mol. The van der Waals surface area contributed by atoms with Crippen molar-refractivity contribution in [3.8, 4) is 17.2 Å². The summed E-state index contributed by atoms with van der Waals surface area (Å²) in [6.45, 7) is 0.593. The molecule has 3 aromatic carbocycles. The molecule has 6 rings (SSSR count). The quantitative estimate of drug-likeness (QED) is 0.405. The number of hydrogen-bond acceptors (Lipinski definition) is 3. The third-order valence-electron chi connectivity index (χ3n) is 5.79. The van der Waals surface area contributed by atoms with Crippen molar-refractivity contribution in [2.24, 2.45) is 0 Å². The fourth-order valence-electron chi connectivity index (χ4n) is 4.56. The first kappa shape index (κ1) is 16.8. The van der Waals surface area contributed by atoms with Crippen LogP contribution < -0.4 is 9.47 Å². The molecule has 142 valence electrons. The molecule has 1 unspecified atom stereocenters. The molecular weight excluding hydrogens is 378 g/mol. The summed E-state index contributed by atoms with van der Waals surface area (Å²) in [5.74, 6) is 1.85. The highest BCUT2D eigenvalue weighted by Gasteiger charge is 2.36. The molecule has 0 spiro atoms. The molecule has 0 radical (unpaired) electrons. The van der Waals surface area contributed by atoms with E-state index in [0.717, 1.165) is 11.5 Å². The molecule has 29 heavy (non-hydrogen) atoms. The first-order valence-corrected chi connectivity index (χ1v) is 10.6. The summed E-state index contributed by atoms with van der Waals surface area (Å²) >= 11 is 1.80. The van der Waals surface area contributed by atoms with Crippen LogP contribution in [0.1, 0.15) is 17.0 Å². The Morgan fingerprint density at radius 2 is 1.79 bits per heavy atom. The molecule has 0 saturated carbocycles. The van der Waals surface area contributed by atoms with Gasteiger partial charge in [0.15, 0.2) is 11.5 Å². The Kier molecular flexibility index (Phi) is 3.74. The smallest absolute Gasteiger partial charge is 0.165 e. The van der Waals surface area contributed by atoms with Crippen LogP contribution in [0.15, 0.2) is 88.8 Å². The molecule has 0 saturated heterocycles. The Morgan fingerprint density at radius 1 is 0.966 bits per heavy atom. The van der Waals surface area contributed by atoms with Crippen LogP contribution in [0.5, 0.6) is 11.5 Å². The van der Waals surface area contributed by atoms with Crippen LogP contribution >= 0.6 is 11.8 Å².